The van der Waals surface area contributed by atoms with Gasteiger partial charge in [0.15, 0.2) is 22.2 Å². The number of nitrogens with one attached hydrogen (secondary N) is 1. The van der Waals surface area contributed by atoms with Gasteiger partial charge in [0, 0.05) is 16.0 Å². The van der Waals surface area contributed by atoms with Crippen molar-refractivity contribution in [2.75, 3.05) is 12.2 Å². The molecule has 0 aliphatic carbocycles. The summed E-state index contributed by atoms with van der Waals surface area (Å²) in [7, 11) is 0. The minimum absolute atomic E-state index is 0.206. The van der Waals surface area contributed by atoms with E-state index in [0.29, 0.717) is 15.8 Å². The number of nitrogens with zero attached hydrogens (tertiary/aromatic N) is 3. The van der Waals surface area contributed by atoms with Crippen molar-refractivity contribution in [3.05, 3.63) is 57.9 Å². The number of aromatic nitrogens is 1. The van der Waals surface area contributed by atoms with Crippen LogP contribution in [0.4, 0.5) is 5.69 Å². The van der Waals surface area contributed by atoms with Crippen LogP contribution in [-0.4, -0.2) is 17.5 Å². The third-order valence-corrected chi connectivity index (χ3v) is 4.72. The van der Waals surface area contributed by atoms with Gasteiger partial charge in [0.25, 0.3) is 0 Å². The summed E-state index contributed by atoms with van der Waals surface area (Å²) in [5.41, 5.74) is 5.41. The second-order valence-corrected chi connectivity index (χ2v) is 6.59. The van der Waals surface area contributed by atoms with Crippen LogP contribution < -0.4 is 14.9 Å². The van der Waals surface area contributed by atoms with E-state index in [1.54, 1.807) is 24.3 Å². The highest BCUT2D eigenvalue weighted by Crippen LogP contribution is 2.36. The van der Waals surface area contributed by atoms with Crippen molar-refractivity contribution >= 4 is 34.3 Å². The van der Waals surface area contributed by atoms with E-state index in [1.807, 2.05) is 23.6 Å². The van der Waals surface area contributed by atoms with Crippen molar-refractivity contribution in [2.45, 2.75) is 0 Å². The van der Waals surface area contributed by atoms with Crippen molar-refractivity contribution in [2.24, 2.45) is 5.10 Å². The maximum Gasteiger partial charge on any atom is 0.231 e. The largest absolute Gasteiger partial charge is 0.454 e. The molecule has 6 nitrogen and oxygen atoms in total. The van der Waals surface area contributed by atoms with E-state index in [0.717, 1.165) is 22.7 Å². The number of anilines is 1. The lowest BCUT2D eigenvalue weighted by Gasteiger charge is -2.01. The van der Waals surface area contributed by atoms with Gasteiger partial charge >= 0.3 is 0 Å². The summed E-state index contributed by atoms with van der Waals surface area (Å²) in [5, 5.41) is 16.6. The first kappa shape index (κ1) is 16.4. The average molecular weight is 383 g/mol. The predicted octanol–water partition coefficient (Wildman–Crippen LogP) is 4.53. The van der Waals surface area contributed by atoms with Gasteiger partial charge in [0.05, 0.1) is 11.4 Å². The molecule has 0 amide bonds. The summed E-state index contributed by atoms with van der Waals surface area (Å²) in [5.74, 6) is 1.41. The first-order valence-corrected chi connectivity index (χ1v) is 8.84. The van der Waals surface area contributed by atoms with Gasteiger partial charge in [-0.2, -0.15) is 10.4 Å². The van der Waals surface area contributed by atoms with Crippen LogP contribution in [0.25, 0.3) is 11.3 Å². The van der Waals surface area contributed by atoms with E-state index in [-0.39, 0.29) is 12.5 Å². The number of nitriles is 1. The Hall–Kier alpha value is -3.08. The molecular formula is C18H11ClN4O2S. The summed E-state index contributed by atoms with van der Waals surface area (Å²) in [6, 6.07) is 14.7. The van der Waals surface area contributed by atoms with Crippen LogP contribution in [0.3, 0.4) is 0 Å². The second kappa shape index (κ2) is 7.04. The van der Waals surface area contributed by atoms with Crippen LogP contribution in [0.5, 0.6) is 11.5 Å². The van der Waals surface area contributed by atoms with E-state index in [2.05, 4.69) is 21.6 Å². The molecule has 1 aliphatic rings. The van der Waals surface area contributed by atoms with Crippen LogP contribution >= 0.6 is 22.9 Å². The zero-order valence-corrected chi connectivity index (χ0v) is 14.8. The Labute approximate surface area is 158 Å². The van der Waals surface area contributed by atoms with Crippen LogP contribution in [0.1, 0.15) is 5.01 Å². The predicted molar refractivity (Wildman–Crippen MR) is 101 cm³/mol. The van der Waals surface area contributed by atoms with E-state index >= 15 is 0 Å². The number of hydrogen-bond donors (Lipinski definition) is 1. The van der Waals surface area contributed by atoms with Crippen molar-refractivity contribution in [3.63, 3.8) is 0 Å². The molecule has 0 spiro atoms. The number of rotatable bonds is 4. The monoisotopic (exact) mass is 382 g/mol. The Morgan fingerprint density at radius 1 is 1.19 bits per heavy atom. The third kappa shape index (κ3) is 3.33. The molecule has 128 valence electrons. The van der Waals surface area contributed by atoms with E-state index in [9.17, 15) is 5.26 Å². The van der Waals surface area contributed by atoms with Gasteiger partial charge in [-0.3, -0.25) is 5.43 Å². The Balaban J connectivity index is 1.56. The maximum absolute atomic E-state index is 9.40. The Bertz CT molecular complexity index is 1020. The van der Waals surface area contributed by atoms with Gasteiger partial charge < -0.3 is 9.47 Å². The van der Waals surface area contributed by atoms with Crippen LogP contribution in [-0.2, 0) is 0 Å². The number of ether oxygens (including phenoxy) is 2. The molecule has 0 saturated carbocycles. The maximum atomic E-state index is 9.40. The fourth-order valence-electron chi connectivity index (χ4n) is 2.34. The lowest BCUT2D eigenvalue weighted by Crippen LogP contribution is -2.01. The van der Waals surface area contributed by atoms with Gasteiger partial charge in [-0.15, -0.1) is 11.3 Å². The van der Waals surface area contributed by atoms with Gasteiger partial charge in [-0.1, -0.05) is 11.6 Å². The number of halogens is 1. The highest BCUT2D eigenvalue weighted by molar-refractivity contribution is 7.12. The van der Waals surface area contributed by atoms with Gasteiger partial charge in [-0.05, 0) is 42.5 Å². The smallest absolute Gasteiger partial charge is 0.231 e. The number of hydrogen-bond acceptors (Lipinski definition) is 7. The minimum Gasteiger partial charge on any atom is -0.454 e. The molecule has 0 atom stereocenters. The Morgan fingerprint density at radius 2 is 2.00 bits per heavy atom. The molecule has 3 aromatic rings. The molecule has 0 saturated heterocycles. The van der Waals surface area contributed by atoms with Crippen molar-refractivity contribution < 1.29 is 9.47 Å². The van der Waals surface area contributed by atoms with Gasteiger partial charge in [0.1, 0.15) is 6.07 Å². The topological polar surface area (TPSA) is 79.5 Å². The molecule has 1 aromatic heterocycles. The normalized spacial score (nSPS) is 12.7. The summed E-state index contributed by atoms with van der Waals surface area (Å²) < 4.78 is 10.7. The SMILES string of the molecule is N#CC(=NNc1ccc(Cl)cc1)c1nc(-c2ccc3c(c2)OCO3)cs1. The second-order valence-electron chi connectivity index (χ2n) is 5.30. The van der Waals surface area contributed by atoms with Crippen molar-refractivity contribution in [1.29, 1.82) is 5.26 Å². The molecule has 0 radical (unpaired) electrons. The lowest BCUT2D eigenvalue weighted by molar-refractivity contribution is 0.174. The van der Waals surface area contributed by atoms with E-state index in [1.165, 1.54) is 11.3 Å². The first-order valence-electron chi connectivity index (χ1n) is 7.58. The van der Waals surface area contributed by atoms with Gasteiger partial charge in [-0.25, -0.2) is 4.98 Å². The highest BCUT2D eigenvalue weighted by Gasteiger charge is 2.16. The van der Waals surface area contributed by atoms with Gasteiger partial charge in [0.2, 0.25) is 6.79 Å². The highest BCUT2D eigenvalue weighted by atomic mass is 35.5. The molecule has 0 bridgehead atoms. The van der Waals surface area contributed by atoms with Crippen molar-refractivity contribution in [1.82, 2.24) is 4.98 Å². The lowest BCUT2D eigenvalue weighted by atomic mass is 10.1. The van der Waals surface area contributed by atoms with Crippen LogP contribution in [0, 0.1) is 11.3 Å². The summed E-state index contributed by atoms with van der Waals surface area (Å²) in [6.07, 6.45) is 0. The van der Waals surface area contributed by atoms with E-state index in [4.69, 9.17) is 21.1 Å². The number of thiazole rings is 1. The number of hydrazone groups is 1. The summed E-state index contributed by atoms with van der Waals surface area (Å²) in [6.45, 7) is 0.225. The molecule has 2 aromatic carbocycles. The van der Waals surface area contributed by atoms with Crippen LogP contribution in [0.2, 0.25) is 5.02 Å². The van der Waals surface area contributed by atoms with Crippen LogP contribution in [0.15, 0.2) is 52.9 Å². The minimum atomic E-state index is 0.206. The summed E-state index contributed by atoms with van der Waals surface area (Å²) >= 11 is 7.20. The average Bonchev–Trinajstić information content (AvgIpc) is 3.32. The Kier molecular flexibility index (Phi) is 4.44. The third-order valence-electron chi connectivity index (χ3n) is 3.62. The number of benzene rings is 2. The molecule has 0 unspecified atom stereocenters. The molecule has 1 N–H and O–H groups in total. The molecule has 4 rings (SSSR count). The molecule has 0 fully saturated rings. The molecule has 2 heterocycles. The molecule has 26 heavy (non-hydrogen) atoms. The number of fused-ring (bicyclic) bond motifs is 1. The van der Waals surface area contributed by atoms with Crippen molar-refractivity contribution in [3.8, 4) is 28.8 Å². The fraction of sp³-hybridized carbons (Fsp3) is 0.0556. The first-order chi connectivity index (χ1) is 12.7. The zero-order chi connectivity index (χ0) is 17.9. The fourth-order valence-corrected chi connectivity index (χ4v) is 3.23. The summed E-state index contributed by atoms with van der Waals surface area (Å²) in [4.78, 5) is 4.51. The quantitative estimate of drug-likeness (QED) is 0.529. The Morgan fingerprint density at radius 3 is 2.81 bits per heavy atom. The molecule has 1 aliphatic heterocycles. The standard InChI is InChI=1S/C18H11ClN4O2S/c19-12-2-4-13(5-3-12)22-23-14(8-20)18-21-15(9-26-18)11-1-6-16-17(7-11)25-10-24-16/h1-7,9,22H,10H2. The van der Waals surface area contributed by atoms with E-state index < -0.39 is 0 Å². The molecule has 8 heteroatoms. The molecular weight excluding hydrogens is 372 g/mol. The zero-order valence-electron chi connectivity index (χ0n) is 13.3.